The van der Waals surface area contributed by atoms with E-state index in [-0.39, 0.29) is 5.92 Å². The minimum Gasteiger partial charge on any atom is -0.480 e. The van der Waals surface area contributed by atoms with Crippen molar-refractivity contribution in [3.8, 4) is 0 Å². The first kappa shape index (κ1) is 14.0. The van der Waals surface area contributed by atoms with Gasteiger partial charge in [0.15, 0.2) is 5.82 Å². The number of aliphatic carboxylic acids is 1. The lowest BCUT2D eigenvalue weighted by Crippen LogP contribution is -2.22. The molecule has 1 unspecified atom stereocenters. The van der Waals surface area contributed by atoms with Crippen LogP contribution in [-0.4, -0.2) is 26.5 Å². The molecule has 0 bridgehead atoms. The lowest BCUT2D eigenvalue weighted by molar-refractivity contribution is -0.137. The van der Waals surface area contributed by atoms with E-state index in [9.17, 15) is 4.79 Å². The van der Waals surface area contributed by atoms with E-state index in [0.29, 0.717) is 17.5 Å². The lowest BCUT2D eigenvalue weighted by atomic mass is 10.1. The zero-order valence-electron chi connectivity index (χ0n) is 10.3. The normalized spacial score (nSPS) is 12.9. The molecule has 0 aliphatic heterocycles. The number of hydrogen-bond acceptors (Lipinski definition) is 5. The van der Waals surface area contributed by atoms with Crippen molar-refractivity contribution in [3.05, 3.63) is 11.7 Å². The van der Waals surface area contributed by atoms with Crippen LogP contribution in [0.3, 0.4) is 0 Å². The third kappa shape index (κ3) is 4.38. The van der Waals surface area contributed by atoms with Crippen LogP contribution in [0.15, 0.2) is 4.52 Å². The SMILES string of the molecule is CCCc1noc(CSC(C(=O)O)C(C)C)n1. The van der Waals surface area contributed by atoms with Gasteiger partial charge in [-0.25, -0.2) is 0 Å². The fraction of sp³-hybridized carbons (Fsp3) is 0.727. The largest absolute Gasteiger partial charge is 0.480 e. The molecule has 96 valence electrons. The van der Waals surface area contributed by atoms with Gasteiger partial charge in [-0.05, 0) is 12.3 Å². The Morgan fingerprint density at radius 3 is 2.76 bits per heavy atom. The summed E-state index contributed by atoms with van der Waals surface area (Å²) in [7, 11) is 0. The number of hydrogen-bond donors (Lipinski definition) is 1. The highest BCUT2D eigenvalue weighted by atomic mass is 32.2. The summed E-state index contributed by atoms with van der Waals surface area (Å²) < 4.78 is 5.05. The second-order valence-corrected chi connectivity index (χ2v) is 5.30. The van der Waals surface area contributed by atoms with Gasteiger partial charge in [0.2, 0.25) is 5.89 Å². The van der Waals surface area contributed by atoms with Crippen molar-refractivity contribution >= 4 is 17.7 Å². The molecule has 0 saturated carbocycles. The molecule has 0 aliphatic rings. The predicted octanol–water partition coefficient (Wildman–Crippen LogP) is 2.36. The Morgan fingerprint density at radius 1 is 1.53 bits per heavy atom. The molecule has 0 amide bonds. The fourth-order valence-electron chi connectivity index (χ4n) is 1.38. The van der Waals surface area contributed by atoms with Gasteiger partial charge in [-0.3, -0.25) is 4.79 Å². The van der Waals surface area contributed by atoms with Gasteiger partial charge in [0.25, 0.3) is 0 Å². The molecule has 0 radical (unpaired) electrons. The first-order valence-corrected chi connectivity index (χ1v) is 6.75. The van der Waals surface area contributed by atoms with E-state index in [1.54, 1.807) is 0 Å². The summed E-state index contributed by atoms with van der Waals surface area (Å²) in [4.78, 5) is 15.2. The maximum Gasteiger partial charge on any atom is 0.316 e. The van der Waals surface area contributed by atoms with Crippen LogP contribution in [0.4, 0.5) is 0 Å². The Bertz CT molecular complexity index is 365. The molecule has 6 heteroatoms. The molecule has 1 aromatic heterocycles. The van der Waals surface area contributed by atoms with Crippen LogP contribution in [0, 0.1) is 5.92 Å². The number of rotatable bonds is 7. The van der Waals surface area contributed by atoms with Crippen LogP contribution in [-0.2, 0) is 17.0 Å². The van der Waals surface area contributed by atoms with E-state index >= 15 is 0 Å². The van der Waals surface area contributed by atoms with Gasteiger partial charge in [-0.1, -0.05) is 25.9 Å². The summed E-state index contributed by atoms with van der Waals surface area (Å²) >= 11 is 1.33. The third-order valence-electron chi connectivity index (χ3n) is 2.22. The second-order valence-electron chi connectivity index (χ2n) is 4.17. The van der Waals surface area contributed by atoms with Crippen molar-refractivity contribution in [2.24, 2.45) is 5.92 Å². The van der Waals surface area contributed by atoms with Crippen LogP contribution in [0.25, 0.3) is 0 Å². The van der Waals surface area contributed by atoms with E-state index in [1.165, 1.54) is 11.8 Å². The van der Waals surface area contributed by atoms with Crippen LogP contribution in [0.1, 0.15) is 38.9 Å². The zero-order valence-corrected chi connectivity index (χ0v) is 11.2. The summed E-state index contributed by atoms with van der Waals surface area (Å²) in [5.74, 6) is 0.935. The Morgan fingerprint density at radius 2 is 2.24 bits per heavy atom. The quantitative estimate of drug-likeness (QED) is 0.809. The van der Waals surface area contributed by atoms with E-state index < -0.39 is 11.2 Å². The molecular formula is C11H18N2O3S. The molecule has 0 aliphatic carbocycles. The molecule has 0 spiro atoms. The highest BCUT2D eigenvalue weighted by Crippen LogP contribution is 2.23. The molecule has 1 rings (SSSR count). The van der Waals surface area contributed by atoms with Gasteiger partial charge in [-0.15, -0.1) is 11.8 Å². The van der Waals surface area contributed by atoms with Crippen molar-refractivity contribution < 1.29 is 14.4 Å². The zero-order chi connectivity index (χ0) is 12.8. The monoisotopic (exact) mass is 258 g/mol. The fourth-order valence-corrected chi connectivity index (χ4v) is 2.35. The minimum atomic E-state index is -0.793. The summed E-state index contributed by atoms with van der Waals surface area (Å²) in [6.45, 7) is 5.83. The van der Waals surface area contributed by atoms with Crippen molar-refractivity contribution in [2.45, 2.75) is 44.6 Å². The smallest absolute Gasteiger partial charge is 0.316 e. The van der Waals surface area contributed by atoms with Crippen LogP contribution in [0.5, 0.6) is 0 Å². The maximum atomic E-state index is 11.0. The second kappa shape index (κ2) is 6.64. The summed E-state index contributed by atoms with van der Waals surface area (Å²) in [5, 5.41) is 12.4. The Kier molecular flexibility index (Phi) is 5.47. The number of thioether (sulfide) groups is 1. The van der Waals surface area contributed by atoms with Crippen LogP contribution >= 0.6 is 11.8 Å². The first-order valence-electron chi connectivity index (χ1n) is 5.70. The van der Waals surface area contributed by atoms with Crippen molar-refractivity contribution in [2.75, 3.05) is 0 Å². The van der Waals surface area contributed by atoms with E-state index in [2.05, 4.69) is 10.1 Å². The first-order chi connectivity index (χ1) is 8.04. The lowest BCUT2D eigenvalue weighted by Gasteiger charge is -2.13. The Hall–Kier alpha value is -1.04. The summed E-state index contributed by atoms with van der Waals surface area (Å²) in [5.41, 5.74) is 0. The van der Waals surface area contributed by atoms with Gasteiger partial charge in [0, 0.05) is 6.42 Å². The number of carbonyl (C=O) groups is 1. The van der Waals surface area contributed by atoms with Crippen molar-refractivity contribution in [1.82, 2.24) is 10.1 Å². The molecule has 5 nitrogen and oxygen atoms in total. The summed E-state index contributed by atoms with van der Waals surface area (Å²) in [6, 6.07) is 0. The molecule has 1 aromatic rings. The highest BCUT2D eigenvalue weighted by molar-refractivity contribution is 7.99. The number of aromatic nitrogens is 2. The summed E-state index contributed by atoms with van der Waals surface area (Å²) in [6.07, 6.45) is 1.76. The predicted molar refractivity (Wildman–Crippen MR) is 65.8 cm³/mol. The van der Waals surface area contributed by atoms with Gasteiger partial charge < -0.3 is 9.63 Å². The average Bonchev–Trinajstić information content (AvgIpc) is 2.65. The van der Waals surface area contributed by atoms with Crippen molar-refractivity contribution in [3.63, 3.8) is 0 Å². The molecule has 0 fully saturated rings. The Labute approximate surface area is 105 Å². The molecule has 1 heterocycles. The minimum absolute atomic E-state index is 0.0792. The van der Waals surface area contributed by atoms with Gasteiger partial charge in [-0.2, -0.15) is 4.98 Å². The number of aryl methyl sites for hydroxylation is 1. The van der Waals surface area contributed by atoms with Crippen LogP contribution in [0.2, 0.25) is 0 Å². The van der Waals surface area contributed by atoms with Gasteiger partial charge in [0.05, 0.1) is 5.75 Å². The highest BCUT2D eigenvalue weighted by Gasteiger charge is 2.22. The average molecular weight is 258 g/mol. The van der Waals surface area contributed by atoms with E-state index in [1.807, 2.05) is 20.8 Å². The molecular weight excluding hydrogens is 240 g/mol. The number of carboxylic acids is 1. The Balaban J connectivity index is 2.50. The molecule has 1 N–H and O–H groups in total. The van der Waals surface area contributed by atoms with Crippen LogP contribution < -0.4 is 0 Å². The van der Waals surface area contributed by atoms with Crippen molar-refractivity contribution in [1.29, 1.82) is 0 Å². The van der Waals surface area contributed by atoms with Gasteiger partial charge >= 0.3 is 5.97 Å². The van der Waals surface area contributed by atoms with E-state index in [4.69, 9.17) is 9.63 Å². The molecule has 0 aromatic carbocycles. The number of nitrogens with zero attached hydrogens (tertiary/aromatic N) is 2. The standard InChI is InChI=1S/C11H18N2O3S/c1-4-5-8-12-9(16-13-8)6-17-10(7(2)3)11(14)15/h7,10H,4-6H2,1-3H3,(H,14,15). The third-order valence-corrected chi connectivity index (χ3v) is 3.74. The maximum absolute atomic E-state index is 11.0. The molecule has 0 saturated heterocycles. The van der Waals surface area contributed by atoms with E-state index in [0.717, 1.165) is 12.8 Å². The molecule has 1 atom stereocenters. The number of carboxylic acid groups (broad SMARTS) is 1. The topological polar surface area (TPSA) is 76.2 Å². The molecule has 17 heavy (non-hydrogen) atoms. The van der Waals surface area contributed by atoms with Gasteiger partial charge in [0.1, 0.15) is 5.25 Å².